The van der Waals surface area contributed by atoms with Crippen LogP contribution in [-0.4, -0.2) is 11.0 Å². The number of rotatable bonds is 3. The van der Waals surface area contributed by atoms with Crippen molar-refractivity contribution in [2.24, 2.45) is 0 Å². The van der Waals surface area contributed by atoms with Crippen molar-refractivity contribution in [3.8, 4) is 11.8 Å². The fourth-order valence-corrected chi connectivity index (χ4v) is 2.89. The number of thiazole rings is 1. The molecule has 0 radical (unpaired) electrons. The molecule has 3 rings (SSSR count). The number of carbonyl (C=O) groups excluding carboxylic acids is 1. The molecule has 2 aromatic carbocycles. The van der Waals surface area contributed by atoms with Crippen LogP contribution in [0.5, 0.6) is 5.75 Å². The average molecular weight is 308 g/mol. The van der Waals surface area contributed by atoms with E-state index in [4.69, 9.17) is 10.00 Å². The van der Waals surface area contributed by atoms with Crippen LogP contribution in [0.2, 0.25) is 0 Å². The smallest absolute Gasteiger partial charge is 0.315 e. The number of benzene rings is 2. The van der Waals surface area contributed by atoms with Crippen LogP contribution in [0.1, 0.15) is 16.1 Å². The molecule has 0 aliphatic heterocycles. The Morgan fingerprint density at radius 2 is 2.05 bits per heavy atom. The number of hydrogen-bond donors (Lipinski definition) is 0. The second kappa shape index (κ2) is 5.96. The summed E-state index contributed by atoms with van der Waals surface area (Å²) in [7, 11) is 0. The third-order valence-electron chi connectivity index (χ3n) is 3.15. The third-order valence-corrected chi connectivity index (χ3v) is 4.07. The van der Waals surface area contributed by atoms with Crippen LogP contribution in [-0.2, 0) is 11.2 Å². The summed E-state index contributed by atoms with van der Waals surface area (Å²) >= 11 is 1.32. The number of esters is 1. The van der Waals surface area contributed by atoms with Crippen LogP contribution in [0.3, 0.4) is 0 Å². The van der Waals surface area contributed by atoms with E-state index in [1.165, 1.54) is 11.3 Å². The van der Waals surface area contributed by atoms with Crippen molar-refractivity contribution in [3.05, 3.63) is 58.6 Å². The number of fused-ring (bicyclic) bond motifs is 1. The van der Waals surface area contributed by atoms with Crippen molar-refractivity contribution in [3.63, 3.8) is 0 Å². The maximum absolute atomic E-state index is 12.0. The fraction of sp³-hybridized carbons (Fsp3) is 0.118. The largest absolute Gasteiger partial charge is 0.426 e. The van der Waals surface area contributed by atoms with Gasteiger partial charge in [0.25, 0.3) is 0 Å². The minimum absolute atomic E-state index is 0.184. The van der Waals surface area contributed by atoms with E-state index >= 15 is 0 Å². The lowest BCUT2D eigenvalue weighted by molar-refractivity contribution is -0.133. The Bertz CT molecular complexity index is 876. The van der Waals surface area contributed by atoms with Crippen molar-refractivity contribution in [2.45, 2.75) is 13.3 Å². The maximum Gasteiger partial charge on any atom is 0.315 e. The molecular formula is C17H12N2O2S. The molecule has 0 bridgehead atoms. The second-order valence-electron chi connectivity index (χ2n) is 4.90. The highest BCUT2D eigenvalue weighted by molar-refractivity contribution is 7.19. The van der Waals surface area contributed by atoms with Crippen molar-refractivity contribution in [1.29, 1.82) is 5.26 Å². The highest BCUT2D eigenvalue weighted by Crippen LogP contribution is 2.23. The first kappa shape index (κ1) is 14.2. The summed E-state index contributed by atoms with van der Waals surface area (Å²) in [6, 6.07) is 14.9. The Labute approximate surface area is 131 Å². The molecule has 4 nitrogen and oxygen atoms in total. The molecule has 0 fully saturated rings. The normalized spacial score (nSPS) is 10.4. The lowest BCUT2D eigenvalue weighted by Crippen LogP contribution is -2.11. The molecular weight excluding hydrogens is 296 g/mol. The van der Waals surface area contributed by atoms with E-state index in [0.29, 0.717) is 10.8 Å². The summed E-state index contributed by atoms with van der Waals surface area (Å²) in [6.07, 6.45) is 0.184. The molecule has 108 valence electrons. The molecule has 1 heterocycles. The Hall–Kier alpha value is -2.71. The van der Waals surface area contributed by atoms with E-state index in [0.717, 1.165) is 21.3 Å². The number of aryl methyl sites for hydroxylation is 1. The van der Waals surface area contributed by atoms with Crippen molar-refractivity contribution >= 4 is 27.5 Å². The predicted octanol–water partition coefficient (Wildman–Crippen LogP) is 3.62. The van der Waals surface area contributed by atoms with Crippen LogP contribution in [0.25, 0.3) is 10.2 Å². The SMILES string of the molecule is Cc1ccc(OC(=O)Cc2ccc3nc(C#N)sc3c2)cc1. The lowest BCUT2D eigenvalue weighted by Gasteiger charge is -2.04. The number of nitrogens with zero attached hydrogens (tertiary/aromatic N) is 2. The standard InChI is InChI=1S/C17H12N2O2S/c1-11-2-5-13(6-3-11)21-17(20)9-12-4-7-14-15(8-12)22-16(10-18)19-14/h2-8H,9H2,1H3. The van der Waals surface area contributed by atoms with E-state index in [1.54, 1.807) is 12.1 Å². The van der Waals surface area contributed by atoms with Crippen LogP contribution < -0.4 is 4.74 Å². The molecule has 0 aliphatic rings. The number of hydrogen-bond acceptors (Lipinski definition) is 5. The lowest BCUT2D eigenvalue weighted by atomic mass is 10.1. The Morgan fingerprint density at radius 3 is 2.77 bits per heavy atom. The van der Waals surface area contributed by atoms with Gasteiger partial charge in [-0.25, -0.2) is 4.98 Å². The van der Waals surface area contributed by atoms with Gasteiger partial charge in [0.05, 0.1) is 16.6 Å². The molecule has 0 saturated heterocycles. The molecule has 0 unspecified atom stereocenters. The zero-order valence-electron chi connectivity index (χ0n) is 11.9. The Balaban J connectivity index is 1.73. The van der Waals surface area contributed by atoms with Gasteiger partial charge in [-0.05, 0) is 36.8 Å². The molecule has 0 N–H and O–H groups in total. The third kappa shape index (κ3) is 3.13. The molecule has 0 saturated carbocycles. The van der Waals surface area contributed by atoms with Gasteiger partial charge in [0.2, 0.25) is 0 Å². The topological polar surface area (TPSA) is 63.0 Å². The van der Waals surface area contributed by atoms with Crippen LogP contribution in [0.15, 0.2) is 42.5 Å². The summed E-state index contributed by atoms with van der Waals surface area (Å²) in [6.45, 7) is 1.98. The molecule has 5 heteroatoms. The van der Waals surface area contributed by atoms with Gasteiger partial charge in [-0.1, -0.05) is 23.8 Å². The summed E-state index contributed by atoms with van der Waals surface area (Å²) in [5.41, 5.74) is 2.73. The van der Waals surface area contributed by atoms with Crippen LogP contribution >= 0.6 is 11.3 Å². The Kier molecular flexibility index (Phi) is 3.86. The van der Waals surface area contributed by atoms with E-state index < -0.39 is 0 Å². The minimum Gasteiger partial charge on any atom is -0.426 e. The number of carbonyl (C=O) groups is 1. The highest BCUT2D eigenvalue weighted by atomic mass is 32.1. The quantitative estimate of drug-likeness (QED) is 0.547. The van der Waals surface area contributed by atoms with E-state index in [-0.39, 0.29) is 12.4 Å². The average Bonchev–Trinajstić information content (AvgIpc) is 2.92. The van der Waals surface area contributed by atoms with Gasteiger partial charge in [0, 0.05) is 0 Å². The fourth-order valence-electron chi connectivity index (χ4n) is 2.07. The van der Waals surface area contributed by atoms with Gasteiger partial charge in [0.1, 0.15) is 11.8 Å². The maximum atomic E-state index is 12.0. The first-order valence-electron chi connectivity index (χ1n) is 6.71. The molecule has 0 aliphatic carbocycles. The minimum atomic E-state index is -0.312. The molecule has 0 amide bonds. The first-order chi connectivity index (χ1) is 10.6. The molecule has 1 aromatic heterocycles. The summed E-state index contributed by atoms with van der Waals surface area (Å²) in [4.78, 5) is 16.1. The van der Waals surface area contributed by atoms with Crippen LogP contribution in [0, 0.1) is 18.3 Å². The first-order valence-corrected chi connectivity index (χ1v) is 7.52. The number of nitriles is 1. The number of aromatic nitrogens is 1. The van der Waals surface area contributed by atoms with Crippen LogP contribution in [0.4, 0.5) is 0 Å². The van der Waals surface area contributed by atoms with E-state index in [1.807, 2.05) is 43.3 Å². The van der Waals surface area contributed by atoms with E-state index in [9.17, 15) is 4.79 Å². The van der Waals surface area contributed by atoms with Gasteiger partial charge >= 0.3 is 5.97 Å². The number of ether oxygens (including phenoxy) is 1. The zero-order chi connectivity index (χ0) is 15.5. The van der Waals surface area contributed by atoms with E-state index in [2.05, 4.69) is 4.98 Å². The highest BCUT2D eigenvalue weighted by Gasteiger charge is 2.09. The monoisotopic (exact) mass is 308 g/mol. The van der Waals surface area contributed by atoms with Gasteiger partial charge < -0.3 is 4.74 Å². The zero-order valence-corrected chi connectivity index (χ0v) is 12.7. The summed E-state index contributed by atoms with van der Waals surface area (Å²) in [5.74, 6) is 0.231. The van der Waals surface area contributed by atoms with Gasteiger partial charge in [0.15, 0.2) is 5.01 Å². The Morgan fingerprint density at radius 1 is 1.27 bits per heavy atom. The summed E-state index contributed by atoms with van der Waals surface area (Å²) < 4.78 is 6.21. The molecule has 0 atom stereocenters. The van der Waals surface area contributed by atoms with Gasteiger partial charge in [-0.2, -0.15) is 5.26 Å². The molecule has 0 spiro atoms. The summed E-state index contributed by atoms with van der Waals surface area (Å²) in [5, 5.41) is 9.29. The van der Waals surface area contributed by atoms with Crippen molar-refractivity contribution < 1.29 is 9.53 Å². The van der Waals surface area contributed by atoms with Crippen molar-refractivity contribution in [2.75, 3.05) is 0 Å². The van der Waals surface area contributed by atoms with Crippen molar-refractivity contribution in [1.82, 2.24) is 4.98 Å². The molecule has 3 aromatic rings. The van der Waals surface area contributed by atoms with Gasteiger partial charge in [-0.15, -0.1) is 11.3 Å². The molecule has 22 heavy (non-hydrogen) atoms. The predicted molar refractivity (Wildman–Crippen MR) is 84.9 cm³/mol. The second-order valence-corrected chi connectivity index (χ2v) is 5.93. The van der Waals surface area contributed by atoms with Gasteiger partial charge in [-0.3, -0.25) is 4.79 Å².